The molecule has 2 rings (SSSR count). The van der Waals surface area contributed by atoms with Gasteiger partial charge in [0.2, 0.25) is 0 Å². The summed E-state index contributed by atoms with van der Waals surface area (Å²) in [5.41, 5.74) is 3.11. The molecule has 0 amide bonds. The molecular weight excluding hydrogens is 400 g/mol. The second-order valence-corrected chi connectivity index (χ2v) is 8.17. The molecule has 0 spiro atoms. The average molecular weight is 423 g/mol. The van der Waals surface area contributed by atoms with E-state index < -0.39 is 0 Å². The number of thioether (sulfide) groups is 2. The Bertz CT molecular complexity index is 771. The van der Waals surface area contributed by atoms with Gasteiger partial charge >= 0.3 is 0 Å². The minimum absolute atomic E-state index is 0.701. The molecule has 0 saturated heterocycles. The first-order chi connectivity index (χ1) is 13.2. The summed E-state index contributed by atoms with van der Waals surface area (Å²) in [6.07, 6.45) is 4.98. The summed E-state index contributed by atoms with van der Waals surface area (Å²) in [5.74, 6) is 4.24. The molecule has 27 heavy (non-hydrogen) atoms. The topological polar surface area (TPSA) is 89.4 Å². The van der Waals surface area contributed by atoms with Crippen LogP contribution in [0.3, 0.4) is 0 Å². The molecule has 0 bridgehead atoms. The highest BCUT2D eigenvalue weighted by Gasteiger charge is 2.02. The zero-order valence-corrected chi connectivity index (χ0v) is 17.6. The summed E-state index contributed by atoms with van der Waals surface area (Å²) in [5, 5.41) is 16.2. The van der Waals surface area contributed by atoms with Crippen LogP contribution in [0.2, 0.25) is 5.02 Å². The zero-order valence-electron chi connectivity index (χ0n) is 15.2. The van der Waals surface area contributed by atoms with Crippen LogP contribution in [-0.2, 0) is 11.5 Å². The normalized spacial score (nSPS) is 11.2. The van der Waals surface area contributed by atoms with Crippen LogP contribution in [0.4, 0.5) is 0 Å². The first kappa shape index (κ1) is 21.5. The van der Waals surface area contributed by atoms with Crippen molar-refractivity contribution < 1.29 is 0 Å². The van der Waals surface area contributed by atoms with Crippen LogP contribution in [0, 0.1) is 18.3 Å². The smallest absolute Gasteiger partial charge is 0.109 e. The number of nitriles is 1. The average Bonchev–Trinajstić information content (AvgIpc) is 3.07. The number of aromatic nitrogens is 3. The molecule has 0 atom stereocenters. The second kappa shape index (κ2) is 12.5. The van der Waals surface area contributed by atoms with Gasteiger partial charge in [-0.15, -0.1) is 0 Å². The van der Waals surface area contributed by atoms with Crippen LogP contribution in [0.1, 0.15) is 17.1 Å². The second-order valence-electron chi connectivity index (χ2n) is 5.55. The number of aryl methyl sites for hydroxylation is 1. The lowest BCUT2D eigenvalue weighted by molar-refractivity contribution is 0.728. The molecule has 3 N–H and O–H groups in total. The van der Waals surface area contributed by atoms with Crippen LogP contribution in [0.5, 0.6) is 0 Å². The lowest BCUT2D eigenvalue weighted by atomic mass is 10.4. The number of nitrogens with zero attached hydrogens (tertiary/aromatic N) is 3. The fraction of sp³-hybridized carbons (Fsp3) is 0.389. The molecule has 0 radical (unpaired) electrons. The van der Waals surface area contributed by atoms with Gasteiger partial charge in [-0.2, -0.15) is 28.8 Å². The molecule has 0 aliphatic carbocycles. The molecule has 2 aromatic rings. The van der Waals surface area contributed by atoms with Crippen LogP contribution < -0.4 is 10.6 Å². The van der Waals surface area contributed by atoms with Gasteiger partial charge in [0.1, 0.15) is 5.82 Å². The van der Waals surface area contributed by atoms with E-state index in [-0.39, 0.29) is 0 Å². The summed E-state index contributed by atoms with van der Waals surface area (Å²) < 4.78 is 0. The number of allylic oxidation sites excluding steroid dienone is 1. The predicted octanol–water partition coefficient (Wildman–Crippen LogP) is 3.48. The van der Waals surface area contributed by atoms with Gasteiger partial charge in [0.05, 0.1) is 34.9 Å². The summed E-state index contributed by atoms with van der Waals surface area (Å²) in [6.45, 7) is 3.57. The number of H-pyrrole nitrogens is 1. The molecule has 0 aliphatic heterocycles. The number of imidazole rings is 1. The third-order valence-corrected chi connectivity index (χ3v) is 5.86. The van der Waals surface area contributed by atoms with E-state index >= 15 is 0 Å². The van der Waals surface area contributed by atoms with Crippen molar-refractivity contribution in [2.24, 2.45) is 0 Å². The molecule has 0 aromatic carbocycles. The predicted molar refractivity (Wildman–Crippen MR) is 115 cm³/mol. The molecule has 2 aromatic heterocycles. The SMILES string of the molecule is Cc1[nH]cnc1CSCCN/C(=C\C#N)NCCSCc1ncccc1Cl. The van der Waals surface area contributed by atoms with Gasteiger partial charge in [0.15, 0.2) is 0 Å². The van der Waals surface area contributed by atoms with E-state index in [1.807, 2.05) is 30.8 Å². The highest BCUT2D eigenvalue weighted by Crippen LogP contribution is 2.18. The van der Waals surface area contributed by atoms with Gasteiger partial charge in [-0.1, -0.05) is 11.6 Å². The summed E-state index contributed by atoms with van der Waals surface area (Å²) in [6, 6.07) is 5.75. The Kier molecular flexibility index (Phi) is 9.98. The maximum Gasteiger partial charge on any atom is 0.109 e. The molecule has 6 nitrogen and oxygen atoms in total. The minimum atomic E-state index is 0.701. The Labute approximate surface area is 173 Å². The maximum atomic E-state index is 8.93. The van der Waals surface area contributed by atoms with Gasteiger partial charge in [-0.25, -0.2) is 4.98 Å². The lowest BCUT2D eigenvalue weighted by Gasteiger charge is -2.12. The third-order valence-electron chi connectivity index (χ3n) is 3.58. The van der Waals surface area contributed by atoms with E-state index in [0.717, 1.165) is 59.0 Å². The van der Waals surface area contributed by atoms with Crippen molar-refractivity contribution >= 4 is 35.1 Å². The van der Waals surface area contributed by atoms with E-state index in [0.29, 0.717) is 5.02 Å². The number of hydrogen-bond donors (Lipinski definition) is 3. The van der Waals surface area contributed by atoms with E-state index in [1.54, 1.807) is 24.3 Å². The van der Waals surface area contributed by atoms with E-state index in [9.17, 15) is 0 Å². The molecule has 0 saturated carbocycles. The van der Waals surface area contributed by atoms with Gasteiger partial charge in [0.25, 0.3) is 0 Å². The lowest BCUT2D eigenvalue weighted by Crippen LogP contribution is -2.29. The van der Waals surface area contributed by atoms with E-state index in [4.69, 9.17) is 16.9 Å². The standard InChI is InChI=1S/C18H23ClN6S2/c1-14-16(25-13-24-14)11-26-9-7-22-18(4-5-20)23-8-10-27-12-17-15(19)3-2-6-21-17/h2-4,6,13,22-23H,7-12H2,1H3,(H,24,25)/b18-4+. The van der Waals surface area contributed by atoms with E-state index in [2.05, 4.69) is 31.7 Å². The maximum absolute atomic E-state index is 8.93. The highest BCUT2D eigenvalue weighted by atomic mass is 35.5. The largest absolute Gasteiger partial charge is 0.370 e. The molecule has 9 heteroatoms. The number of aromatic amines is 1. The fourth-order valence-corrected chi connectivity index (χ4v) is 4.10. The zero-order chi connectivity index (χ0) is 19.3. The quantitative estimate of drug-likeness (QED) is 0.356. The molecule has 144 valence electrons. The Morgan fingerprint density at radius 1 is 1.22 bits per heavy atom. The van der Waals surface area contributed by atoms with Gasteiger partial charge in [-0.3, -0.25) is 4.98 Å². The van der Waals surface area contributed by atoms with Crippen molar-refractivity contribution in [3.8, 4) is 6.07 Å². The molecule has 0 unspecified atom stereocenters. The molecule has 0 fully saturated rings. The van der Waals surface area contributed by atoms with Crippen LogP contribution in [0.25, 0.3) is 0 Å². The third kappa shape index (κ3) is 8.16. The number of rotatable bonds is 12. The molecule has 2 heterocycles. The van der Waals surface area contributed by atoms with Crippen molar-refractivity contribution in [2.75, 3.05) is 24.6 Å². The van der Waals surface area contributed by atoms with Gasteiger partial charge in [0, 0.05) is 48.0 Å². The number of pyridine rings is 1. The van der Waals surface area contributed by atoms with E-state index in [1.165, 1.54) is 6.08 Å². The van der Waals surface area contributed by atoms with Crippen LogP contribution in [0.15, 0.2) is 36.6 Å². The number of halogens is 1. The summed E-state index contributed by atoms with van der Waals surface area (Å²) in [4.78, 5) is 11.6. The molecular formula is C18H23ClN6S2. The van der Waals surface area contributed by atoms with Crippen LogP contribution >= 0.6 is 35.1 Å². The van der Waals surface area contributed by atoms with Crippen molar-refractivity contribution in [3.05, 3.63) is 58.7 Å². The van der Waals surface area contributed by atoms with Crippen LogP contribution in [-0.4, -0.2) is 39.5 Å². The minimum Gasteiger partial charge on any atom is -0.370 e. The first-order valence-electron chi connectivity index (χ1n) is 8.52. The Hall–Kier alpha value is -1.82. The summed E-state index contributed by atoms with van der Waals surface area (Å²) in [7, 11) is 0. The number of nitrogens with one attached hydrogen (secondary N) is 3. The first-order valence-corrected chi connectivity index (χ1v) is 11.2. The Balaban J connectivity index is 1.58. The van der Waals surface area contributed by atoms with Gasteiger partial charge in [-0.05, 0) is 19.1 Å². The fourth-order valence-electron chi connectivity index (χ4n) is 2.14. The molecule has 0 aliphatic rings. The summed E-state index contributed by atoms with van der Waals surface area (Å²) >= 11 is 9.66. The van der Waals surface area contributed by atoms with Gasteiger partial charge < -0.3 is 15.6 Å². The Morgan fingerprint density at radius 2 is 1.93 bits per heavy atom. The van der Waals surface area contributed by atoms with Crippen molar-refractivity contribution in [3.63, 3.8) is 0 Å². The Morgan fingerprint density at radius 3 is 2.52 bits per heavy atom. The highest BCUT2D eigenvalue weighted by molar-refractivity contribution is 7.98. The van der Waals surface area contributed by atoms with Crippen molar-refractivity contribution in [1.82, 2.24) is 25.6 Å². The van der Waals surface area contributed by atoms with Crippen molar-refractivity contribution in [2.45, 2.75) is 18.4 Å². The van der Waals surface area contributed by atoms with Crippen molar-refractivity contribution in [1.29, 1.82) is 5.26 Å². The number of hydrogen-bond acceptors (Lipinski definition) is 7. The monoisotopic (exact) mass is 422 g/mol.